The van der Waals surface area contributed by atoms with Gasteiger partial charge in [0.05, 0.1) is 25.2 Å². The highest BCUT2D eigenvalue weighted by Gasteiger charge is 2.22. The lowest BCUT2D eigenvalue weighted by Crippen LogP contribution is -2.46. The van der Waals surface area contributed by atoms with Crippen LogP contribution >= 0.6 is 0 Å². The maximum atomic E-state index is 11.2. The second-order valence-corrected chi connectivity index (χ2v) is 7.49. The second-order valence-electron chi connectivity index (χ2n) is 5.71. The maximum absolute atomic E-state index is 11.2. The summed E-state index contributed by atoms with van der Waals surface area (Å²) in [7, 11) is -3.14. The van der Waals surface area contributed by atoms with Gasteiger partial charge in [0, 0.05) is 12.6 Å². The zero-order valence-corrected chi connectivity index (χ0v) is 13.6. The van der Waals surface area contributed by atoms with E-state index in [1.807, 2.05) is 6.07 Å². The summed E-state index contributed by atoms with van der Waals surface area (Å²) in [5.41, 5.74) is 0. The molecule has 2 heterocycles. The number of piperidine rings is 1. The van der Waals surface area contributed by atoms with E-state index in [4.69, 9.17) is 9.15 Å². The molecule has 0 bridgehead atoms. The Labute approximate surface area is 131 Å². The number of hydrogen-bond acceptors (Lipinski definition) is 6. The van der Waals surface area contributed by atoms with Crippen LogP contribution in [0.5, 0.6) is 0 Å². The van der Waals surface area contributed by atoms with Crippen molar-refractivity contribution in [1.29, 1.82) is 0 Å². The summed E-state index contributed by atoms with van der Waals surface area (Å²) in [4.78, 5) is 2.13. The number of β-amino-alcohol motifs (C(OH)–C–C–N with tert-alkyl or cyclic N) is 1. The van der Waals surface area contributed by atoms with E-state index in [1.54, 1.807) is 12.3 Å². The van der Waals surface area contributed by atoms with Gasteiger partial charge in [-0.25, -0.2) is 13.1 Å². The summed E-state index contributed by atoms with van der Waals surface area (Å²) in [6, 6.07) is 3.62. The zero-order valence-electron chi connectivity index (χ0n) is 12.8. The fourth-order valence-corrected chi connectivity index (χ4v) is 3.42. The van der Waals surface area contributed by atoms with Crippen LogP contribution < -0.4 is 4.72 Å². The lowest BCUT2D eigenvalue weighted by molar-refractivity contribution is 0.00161. The third-order valence-corrected chi connectivity index (χ3v) is 4.33. The lowest BCUT2D eigenvalue weighted by atomic mass is 10.1. The summed E-state index contributed by atoms with van der Waals surface area (Å²) in [6.45, 7) is 2.67. The van der Waals surface area contributed by atoms with Crippen molar-refractivity contribution in [2.45, 2.75) is 31.6 Å². The van der Waals surface area contributed by atoms with Crippen molar-refractivity contribution in [1.82, 2.24) is 9.62 Å². The summed E-state index contributed by atoms with van der Waals surface area (Å²) in [6.07, 6.45) is 3.72. The van der Waals surface area contributed by atoms with Crippen LogP contribution in [0.3, 0.4) is 0 Å². The quantitative estimate of drug-likeness (QED) is 0.705. The first-order valence-corrected chi connectivity index (χ1v) is 9.29. The van der Waals surface area contributed by atoms with Crippen LogP contribution in [-0.4, -0.2) is 63.1 Å². The van der Waals surface area contributed by atoms with Crippen molar-refractivity contribution < 1.29 is 22.7 Å². The molecule has 0 amide bonds. The number of ether oxygens (including phenoxy) is 1. The van der Waals surface area contributed by atoms with Gasteiger partial charge in [0.25, 0.3) is 0 Å². The monoisotopic (exact) mass is 332 g/mol. The minimum atomic E-state index is -3.14. The van der Waals surface area contributed by atoms with Crippen molar-refractivity contribution in [2.24, 2.45) is 0 Å². The first-order chi connectivity index (χ1) is 10.4. The Hall–Kier alpha value is -0.930. The molecule has 0 saturated carbocycles. The summed E-state index contributed by atoms with van der Waals surface area (Å²) >= 11 is 0. The number of sulfonamides is 1. The number of furan rings is 1. The van der Waals surface area contributed by atoms with E-state index in [2.05, 4.69) is 9.62 Å². The SMILES string of the molecule is CS(=O)(=O)NC1CCN(C[C@H](O)COCc2ccco2)CC1. The molecule has 0 unspecified atom stereocenters. The number of rotatable bonds is 8. The molecule has 1 saturated heterocycles. The third kappa shape index (κ3) is 6.45. The van der Waals surface area contributed by atoms with Gasteiger partial charge in [-0.15, -0.1) is 0 Å². The predicted octanol–water partition coefficient (Wildman–Crippen LogP) is 0.171. The molecule has 1 aliphatic heterocycles. The molecule has 0 aliphatic carbocycles. The molecule has 0 spiro atoms. The van der Waals surface area contributed by atoms with Crippen molar-refractivity contribution in [2.75, 3.05) is 32.5 Å². The van der Waals surface area contributed by atoms with Crippen LogP contribution in [-0.2, 0) is 21.4 Å². The van der Waals surface area contributed by atoms with Gasteiger partial charge in [-0.05, 0) is 38.1 Å². The molecule has 1 aromatic rings. The fourth-order valence-electron chi connectivity index (χ4n) is 2.58. The van der Waals surface area contributed by atoms with E-state index in [0.29, 0.717) is 13.2 Å². The van der Waals surface area contributed by atoms with E-state index in [-0.39, 0.29) is 12.6 Å². The van der Waals surface area contributed by atoms with E-state index in [1.165, 1.54) is 6.26 Å². The molecule has 22 heavy (non-hydrogen) atoms. The molecule has 1 atom stereocenters. The molecule has 8 heteroatoms. The second kappa shape index (κ2) is 8.07. The normalized spacial score (nSPS) is 19.4. The first kappa shape index (κ1) is 17.4. The van der Waals surface area contributed by atoms with Crippen molar-refractivity contribution in [3.8, 4) is 0 Å². The molecule has 1 aliphatic rings. The number of aliphatic hydroxyl groups is 1. The van der Waals surface area contributed by atoms with E-state index >= 15 is 0 Å². The highest BCUT2D eigenvalue weighted by atomic mass is 32.2. The van der Waals surface area contributed by atoms with E-state index < -0.39 is 16.1 Å². The third-order valence-electron chi connectivity index (χ3n) is 3.57. The topological polar surface area (TPSA) is 92.0 Å². The van der Waals surface area contributed by atoms with Gasteiger partial charge in [-0.2, -0.15) is 0 Å². The Balaban J connectivity index is 1.61. The van der Waals surface area contributed by atoms with Crippen LogP contribution in [0.25, 0.3) is 0 Å². The standard InChI is InChI=1S/C14H24N2O5S/c1-22(18,19)15-12-4-6-16(7-5-12)9-13(17)10-20-11-14-3-2-8-21-14/h2-3,8,12-13,15,17H,4-7,9-11H2,1H3/t13-/m0/s1. The number of aliphatic hydroxyl groups excluding tert-OH is 1. The Morgan fingerprint density at radius 2 is 2.23 bits per heavy atom. The van der Waals surface area contributed by atoms with Gasteiger partial charge in [0.15, 0.2) is 0 Å². The van der Waals surface area contributed by atoms with Crippen LogP contribution in [0, 0.1) is 0 Å². The number of likely N-dealkylation sites (tertiary alicyclic amines) is 1. The molecule has 0 aromatic carbocycles. The minimum absolute atomic E-state index is 0.00130. The van der Waals surface area contributed by atoms with Crippen LogP contribution in [0.1, 0.15) is 18.6 Å². The Morgan fingerprint density at radius 1 is 1.50 bits per heavy atom. The van der Waals surface area contributed by atoms with Gasteiger partial charge >= 0.3 is 0 Å². The molecule has 2 N–H and O–H groups in total. The highest BCUT2D eigenvalue weighted by molar-refractivity contribution is 7.88. The van der Waals surface area contributed by atoms with Gasteiger partial charge in [-0.3, -0.25) is 0 Å². The summed E-state index contributed by atoms with van der Waals surface area (Å²) in [5.74, 6) is 0.736. The van der Waals surface area contributed by atoms with Gasteiger partial charge in [0.1, 0.15) is 12.4 Å². The molecule has 0 radical (unpaired) electrons. The fraction of sp³-hybridized carbons (Fsp3) is 0.714. The largest absolute Gasteiger partial charge is 0.467 e. The maximum Gasteiger partial charge on any atom is 0.208 e. The Morgan fingerprint density at radius 3 is 2.82 bits per heavy atom. The van der Waals surface area contributed by atoms with Crippen molar-refractivity contribution in [3.63, 3.8) is 0 Å². The number of nitrogens with one attached hydrogen (secondary N) is 1. The Bertz CT molecular complexity index is 523. The molecule has 1 aromatic heterocycles. The van der Waals surface area contributed by atoms with Gasteiger partial charge in [0.2, 0.25) is 10.0 Å². The molecule has 2 rings (SSSR count). The average molecular weight is 332 g/mol. The van der Waals surface area contributed by atoms with E-state index in [0.717, 1.165) is 31.7 Å². The average Bonchev–Trinajstić information content (AvgIpc) is 2.92. The molecule has 1 fully saturated rings. The summed E-state index contributed by atoms with van der Waals surface area (Å²) in [5, 5.41) is 9.97. The highest BCUT2D eigenvalue weighted by Crippen LogP contribution is 2.11. The summed E-state index contributed by atoms with van der Waals surface area (Å²) < 4.78 is 35.6. The van der Waals surface area contributed by atoms with Crippen LogP contribution in [0.4, 0.5) is 0 Å². The van der Waals surface area contributed by atoms with E-state index in [9.17, 15) is 13.5 Å². The molecular formula is C14H24N2O5S. The predicted molar refractivity (Wildman–Crippen MR) is 81.8 cm³/mol. The molecular weight excluding hydrogens is 308 g/mol. The number of hydrogen-bond donors (Lipinski definition) is 2. The van der Waals surface area contributed by atoms with Crippen LogP contribution in [0.2, 0.25) is 0 Å². The number of nitrogens with zero attached hydrogens (tertiary/aromatic N) is 1. The molecule has 7 nitrogen and oxygen atoms in total. The Kier molecular flexibility index (Phi) is 6.39. The smallest absolute Gasteiger partial charge is 0.208 e. The van der Waals surface area contributed by atoms with Gasteiger partial charge in [-0.1, -0.05) is 0 Å². The van der Waals surface area contributed by atoms with Crippen molar-refractivity contribution in [3.05, 3.63) is 24.2 Å². The van der Waals surface area contributed by atoms with Crippen LogP contribution in [0.15, 0.2) is 22.8 Å². The van der Waals surface area contributed by atoms with Crippen molar-refractivity contribution >= 4 is 10.0 Å². The lowest BCUT2D eigenvalue weighted by Gasteiger charge is -2.33. The minimum Gasteiger partial charge on any atom is -0.467 e. The first-order valence-electron chi connectivity index (χ1n) is 7.40. The molecule has 126 valence electrons. The van der Waals surface area contributed by atoms with Gasteiger partial charge < -0.3 is 19.2 Å². The zero-order chi connectivity index (χ0) is 16.0.